The van der Waals surface area contributed by atoms with Gasteiger partial charge in [0.2, 0.25) is 11.8 Å². The molecule has 1 heterocycles. The lowest BCUT2D eigenvalue weighted by molar-refractivity contribution is -0.119. The second-order valence-electron chi connectivity index (χ2n) is 4.96. The first-order valence-corrected chi connectivity index (χ1v) is 8.17. The van der Waals surface area contributed by atoms with Crippen LogP contribution in [-0.2, 0) is 14.3 Å². The summed E-state index contributed by atoms with van der Waals surface area (Å²) in [5.41, 5.74) is 1.27. The molecule has 1 aliphatic rings. The second-order valence-corrected chi connectivity index (χ2v) is 6.00. The maximum Gasteiger partial charge on any atom is 0.281 e. The van der Waals surface area contributed by atoms with Crippen LogP contribution in [0.2, 0.25) is 0 Å². The molecule has 2 rings (SSSR count). The van der Waals surface area contributed by atoms with Gasteiger partial charge in [0.1, 0.15) is 6.61 Å². The molecule has 1 aromatic rings. The maximum atomic E-state index is 11.9. The Labute approximate surface area is 138 Å². The van der Waals surface area contributed by atoms with Gasteiger partial charge in [0, 0.05) is 43.7 Å². The van der Waals surface area contributed by atoms with Crippen LogP contribution in [0.5, 0.6) is 0 Å². The summed E-state index contributed by atoms with van der Waals surface area (Å²) in [6.45, 7) is 1.13. The lowest BCUT2D eigenvalue weighted by Crippen LogP contribution is -2.27. The fourth-order valence-corrected chi connectivity index (χ4v) is 2.91. The topological polar surface area (TPSA) is 87.7 Å². The lowest BCUT2D eigenvalue weighted by Gasteiger charge is -2.14. The van der Waals surface area contributed by atoms with E-state index in [4.69, 9.17) is 4.74 Å². The van der Waals surface area contributed by atoms with E-state index in [1.807, 2.05) is 0 Å². The maximum absolute atomic E-state index is 11.9. The predicted molar refractivity (Wildman–Crippen MR) is 89.6 cm³/mol. The molecule has 8 heteroatoms. The largest absolute Gasteiger partial charge is 0.375 e. The Morgan fingerprint density at radius 2 is 1.78 bits per heavy atom. The molecule has 0 bridgehead atoms. The minimum absolute atomic E-state index is 0.00794. The Morgan fingerprint density at radius 1 is 1.17 bits per heavy atom. The van der Waals surface area contributed by atoms with Crippen molar-refractivity contribution in [1.82, 2.24) is 4.90 Å². The third-order valence-corrected chi connectivity index (χ3v) is 4.07. The minimum atomic E-state index is -0.238. The molecule has 0 unspecified atom stereocenters. The first-order chi connectivity index (χ1) is 11.1. The molecular formula is C15H19N3O4S. The van der Waals surface area contributed by atoms with Gasteiger partial charge in [-0.05, 0) is 24.3 Å². The average Bonchev–Trinajstić information content (AvgIpc) is 2.93. The van der Waals surface area contributed by atoms with Crippen LogP contribution < -0.4 is 10.6 Å². The van der Waals surface area contributed by atoms with Gasteiger partial charge in [-0.3, -0.25) is 14.4 Å². The molecule has 1 fully saturated rings. The SMILES string of the molecule is COCC(=O)Nc1ccc(NC(=O)CCN2CCSC2=O)cc1. The zero-order valence-electron chi connectivity index (χ0n) is 12.8. The van der Waals surface area contributed by atoms with Gasteiger partial charge in [-0.1, -0.05) is 11.8 Å². The Balaban J connectivity index is 1.77. The predicted octanol–water partition coefficient (Wildman–Crippen LogP) is 1.77. The number of anilines is 2. The van der Waals surface area contributed by atoms with Gasteiger partial charge in [-0.25, -0.2) is 0 Å². The van der Waals surface area contributed by atoms with Crippen molar-refractivity contribution in [2.75, 3.05) is 43.2 Å². The van der Waals surface area contributed by atoms with Crippen molar-refractivity contribution in [2.45, 2.75) is 6.42 Å². The van der Waals surface area contributed by atoms with Crippen LogP contribution >= 0.6 is 11.8 Å². The molecule has 0 atom stereocenters. The Morgan fingerprint density at radius 3 is 2.30 bits per heavy atom. The highest BCUT2D eigenvalue weighted by Gasteiger charge is 2.21. The number of benzene rings is 1. The second kappa shape index (κ2) is 8.54. The van der Waals surface area contributed by atoms with Gasteiger partial charge in [-0.15, -0.1) is 0 Å². The van der Waals surface area contributed by atoms with Crippen molar-refractivity contribution < 1.29 is 19.1 Å². The van der Waals surface area contributed by atoms with E-state index in [-0.39, 0.29) is 30.1 Å². The molecule has 7 nitrogen and oxygen atoms in total. The number of nitrogens with zero attached hydrogens (tertiary/aromatic N) is 1. The highest BCUT2D eigenvalue weighted by molar-refractivity contribution is 8.13. The first-order valence-electron chi connectivity index (χ1n) is 7.19. The summed E-state index contributed by atoms with van der Waals surface area (Å²) in [5, 5.41) is 5.47. The van der Waals surface area contributed by atoms with E-state index in [2.05, 4.69) is 10.6 Å². The number of carbonyl (C=O) groups excluding carboxylic acids is 3. The molecule has 0 aliphatic carbocycles. The fraction of sp³-hybridized carbons (Fsp3) is 0.400. The van der Waals surface area contributed by atoms with Crippen LogP contribution in [0.1, 0.15) is 6.42 Å². The zero-order valence-corrected chi connectivity index (χ0v) is 13.6. The number of methoxy groups -OCH3 is 1. The summed E-state index contributed by atoms with van der Waals surface area (Å²) in [6.07, 6.45) is 0.263. The van der Waals surface area contributed by atoms with Gasteiger partial charge >= 0.3 is 0 Å². The molecule has 0 spiro atoms. The van der Waals surface area contributed by atoms with Crippen molar-refractivity contribution in [1.29, 1.82) is 0 Å². The van der Waals surface area contributed by atoms with E-state index in [0.29, 0.717) is 24.5 Å². The van der Waals surface area contributed by atoms with Crippen molar-refractivity contribution in [2.24, 2.45) is 0 Å². The molecule has 2 N–H and O–H groups in total. The molecular weight excluding hydrogens is 318 g/mol. The molecule has 23 heavy (non-hydrogen) atoms. The van der Waals surface area contributed by atoms with Crippen LogP contribution in [0.4, 0.5) is 16.2 Å². The summed E-state index contributed by atoms with van der Waals surface area (Å²) in [6, 6.07) is 6.81. The smallest absolute Gasteiger partial charge is 0.281 e. The van der Waals surface area contributed by atoms with Gasteiger partial charge in [0.25, 0.3) is 5.24 Å². The van der Waals surface area contributed by atoms with E-state index in [9.17, 15) is 14.4 Å². The summed E-state index contributed by atoms with van der Waals surface area (Å²) in [5.74, 6) is 0.403. The lowest BCUT2D eigenvalue weighted by atomic mass is 10.2. The number of nitrogens with one attached hydrogen (secondary N) is 2. The fourth-order valence-electron chi connectivity index (χ4n) is 2.05. The van der Waals surface area contributed by atoms with Crippen LogP contribution in [0.25, 0.3) is 0 Å². The summed E-state index contributed by atoms with van der Waals surface area (Å²) in [7, 11) is 1.45. The van der Waals surface area contributed by atoms with Crippen molar-refractivity contribution in [3.63, 3.8) is 0 Å². The van der Waals surface area contributed by atoms with Gasteiger partial charge in [0.15, 0.2) is 0 Å². The van der Waals surface area contributed by atoms with Gasteiger partial charge < -0.3 is 20.3 Å². The monoisotopic (exact) mass is 337 g/mol. The summed E-state index contributed by atoms with van der Waals surface area (Å²) < 4.78 is 4.73. The molecule has 0 aromatic heterocycles. The van der Waals surface area contributed by atoms with Crippen molar-refractivity contribution >= 4 is 40.2 Å². The Hall–Kier alpha value is -2.06. The Bertz CT molecular complexity index is 577. The highest BCUT2D eigenvalue weighted by atomic mass is 32.2. The van der Waals surface area contributed by atoms with Crippen LogP contribution in [0.15, 0.2) is 24.3 Å². The standard InChI is InChI=1S/C15H19N3O4S/c1-22-10-14(20)17-12-4-2-11(3-5-12)16-13(19)6-7-18-8-9-23-15(18)21/h2-5H,6-10H2,1H3,(H,16,19)(H,17,20). The minimum Gasteiger partial charge on any atom is -0.375 e. The van der Waals surface area contributed by atoms with Crippen LogP contribution in [0.3, 0.4) is 0 Å². The molecule has 1 aliphatic heterocycles. The number of thioether (sulfide) groups is 1. The summed E-state index contributed by atoms with van der Waals surface area (Å²) in [4.78, 5) is 36.4. The first kappa shape index (κ1) is 17.3. The van der Waals surface area contributed by atoms with E-state index >= 15 is 0 Å². The van der Waals surface area contributed by atoms with Crippen molar-refractivity contribution in [3.8, 4) is 0 Å². The molecule has 0 radical (unpaired) electrons. The third-order valence-electron chi connectivity index (χ3n) is 3.18. The molecule has 0 saturated carbocycles. The van der Waals surface area contributed by atoms with Crippen LogP contribution in [-0.4, -0.2) is 54.5 Å². The highest BCUT2D eigenvalue weighted by Crippen LogP contribution is 2.18. The number of carbonyl (C=O) groups is 3. The summed E-state index contributed by atoms with van der Waals surface area (Å²) >= 11 is 1.28. The normalized spacial score (nSPS) is 14.0. The number of amides is 3. The molecule has 3 amide bonds. The third kappa shape index (κ3) is 5.57. The zero-order chi connectivity index (χ0) is 16.7. The molecule has 1 aromatic carbocycles. The van der Waals surface area contributed by atoms with Crippen LogP contribution in [0, 0.1) is 0 Å². The van der Waals surface area contributed by atoms with Crippen molar-refractivity contribution in [3.05, 3.63) is 24.3 Å². The number of hydrogen-bond acceptors (Lipinski definition) is 5. The molecule has 1 saturated heterocycles. The van der Waals surface area contributed by atoms with E-state index < -0.39 is 0 Å². The number of rotatable bonds is 7. The average molecular weight is 337 g/mol. The van der Waals surface area contributed by atoms with E-state index in [0.717, 1.165) is 5.75 Å². The number of hydrogen-bond donors (Lipinski definition) is 2. The number of ether oxygens (including phenoxy) is 1. The van der Waals surface area contributed by atoms with E-state index in [1.165, 1.54) is 18.9 Å². The van der Waals surface area contributed by atoms with Gasteiger partial charge in [-0.2, -0.15) is 0 Å². The Kier molecular flexibility index (Phi) is 6.42. The molecule has 124 valence electrons. The quantitative estimate of drug-likeness (QED) is 0.792. The van der Waals surface area contributed by atoms with E-state index in [1.54, 1.807) is 29.2 Å². The van der Waals surface area contributed by atoms with Gasteiger partial charge in [0.05, 0.1) is 0 Å².